The number of carbonyl (C=O) groups excluding carboxylic acids is 1. The number of amides is 2. The molecule has 33 heavy (non-hydrogen) atoms. The summed E-state index contributed by atoms with van der Waals surface area (Å²) in [6, 6.07) is 10.5. The quantitative estimate of drug-likeness (QED) is 0.613. The first kappa shape index (κ1) is 25.1. The van der Waals surface area contributed by atoms with Gasteiger partial charge in [-0.25, -0.2) is 13.2 Å². The van der Waals surface area contributed by atoms with Crippen LogP contribution in [-0.4, -0.2) is 67.4 Å². The van der Waals surface area contributed by atoms with E-state index in [0.29, 0.717) is 18.0 Å². The lowest BCUT2D eigenvalue weighted by Crippen LogP contribution is -2.48. The van der Waals surface area contributed by atoms with Crippen molar-refractivity contribution in [3.05, 3.63) is 53.3 Å². The van der Waals surface area contributed by atoms with Crippen molar-refractivity contribution in [3.63, 3.8) is 0 Å². The van der Waals surface area contributed by atoms with Gasteiger partial charge in [0.25, 0.3) is 0 Å². The van der Waals surface area contributed by atoms with Crippen molar-refractivity contribution in [3.8, 4) is 0 Å². The number of hydrogen-bond donors (Lipinski definition) is 2. The number of benzene rings is 1. The number of urea groups is 1. The lowest BCUT2D eigenvalue weighted by atomic mass is 10.1. The molecule has 2 N–H and O–H groups in total. The SMILES string of the molecule is CCN(C1CCN(CCNC(=O)Nc2cc(C)nc(C)c2)CC1)S(=O)(=O)c1ccc(C)cc1. The van der Waals surface area contributed by atoms with Crippen molar-refractivity contribution in [1.82, 2.24) is 19.5 Å². The molecule has 2 heterocycles. The number of nitrogens with zero attached hydrogens (tertiary/aromatic N) is 3. The van der Waals surface area contributed by atoms with Crippen LogP contribution in [0.25, 0.3) is 0 Å². The van der Waals surface area contributed by atoms with Crippen molar-refractivity contribution in [2.45, 2.75) is 51.5 Å². The molecular formula is C24H35N5O3S. The highest BCUT2D eigenvalue weighted by atomic mass is 32.2. The smallest absolute Gasteiger partial charge is 0.319 e. The third-order valence-corrected chi connectivity index (χ3v) is 8.00. The van der Waals surface area contributed by atoms with Crippen molar-refractivity contribution in [2.75, 3.05) is 38.0 Å². The number of nitrogens with one attached hydrogen (secondary N) is 2. The molecule has 0 unspecified atom stereocenters. The van der Waals surface area contributed by atoms with E-state index in [9.17, 15) is 13.2 Å². The third kappa shape index (κ3) is 6.75. The second-order valence-corrected chi connectivity index (χ2v) is 10.5. The molecule has 1 aromatic carbocycles. The van der Waals surface area contributed by atoms with Gasteiger partial charge in [0.15, 0.2) is 0 Å². The minimum Gasteiger partial charge on any atom is -0.337 e. The molecule has 2 aromatic rings. The first-order valence-corrected chi connectivity index (χ1v) is 12.9. The van der Waals surface area contributed by atoms with E-state index < -0.39 is 10.0 Å². The molecule has 0 saturated carbocycles. The largest absolute Gasteiger partial charge is 0.337 e. The maximum atomic E-state index is 13.1. The molecule has 0 spiro atoms. The molecule has 3 rings (SSSR count). The molecule has 0 radical (unpaired) electrons. The summed E-state index contributed by atoms with van der Waals surface area (Å²) >= 11 is 0. The number of pyridine rings is 1. The van der Waals surface area contributed by atoms with E-state index in [0.717, 1.165) is 55.1 Å². The van der Waals surface area contributed by atoms with Gasteiger partial charge in [-0.2, -0.15) is 4.31 Å². The van der Waals surface area contributed by atoms with Crippen molar-refractivity contribution in [1.29, 1.82) is 0 Å². The lowest BCUT2D eigenvalue weighted by Gasteiger charge is -2.37. The summed E-state index contributed by atoms with van der Waals surface area (Å²) < 4.78 is 27.9. The van der Waals surface area contributed by atoms with Gasteiger partial charge in [-0.1, -0.05) is 24.6 Å². The van der Waals surface area contributed by atoms with Gasteiger partial charge in [0.05, 0.1) is 4.90 Å². The van der Waals surface area contributed by atoms with E-state index in [1.165, 1.54) is 0 Å². The monoisotopic (exact) mass is 473 g/mol. The van der Waals surface area contributed by atoms with Gasteiger partial charge in [-0.05, 0) is 71.0 Å². The maximum Gasteiger partial charge on any atom is 0.319 e. The molecular weight excluding hydrogens is 438 g/mol. The number of aryl methyl sites for hydroxylation is 3. The Bertz CT molecular complexity index is 1030. The molecule has 8 nitrogen and oxygen atoms in total. The Morgan fingerprint density at radius 2 is 1.70 bits per heavy atom. The Kier molecular flexibility index (Phi) is 8.45. The number of piperidine rings is 1. The molecule has 180 valence electrons. The van der Waals surface area contributed by atoms with E-state index in [1.54, 1.807) is 16.4 Å². The van der Waals surface area contributed by atoms with Crippen molar-refractivity contribution in [2.24, 2.45) is 0 Å². The minimum atomic E-state index is -3.50. The normalized spacial score (nSPS) is 15.5. The van der Waals surface area contributed by atoms with Gasteiger partial charge in [-0.3, -0.25) is 4.98 Å². The van der Waals surface area contributed by atoms with Crippen LogP contribution < -0.4 is 10.6 Å². The van der Waals surface area contributed by atoms with Crippen LogP contribution in [0.3, 0.4) is 0 Å². The first-order chi connectivity index (χ1) is 15.7. The molecule has 1 aliphatic rings. The van der Waals surface area contributed by atoms with E-state index >= 15 is 0 Å². The average molecular weight is 474 g/mol. The summed E-state index contributed by atoms with van der Waals surface area (Å²) in [6.45, 7) is 10.9. The molecule has 0 bridgehead atoms. The zero-order valence-electron chi connectivity index (χ0n) is 20.0. The number of hydrogen-bond acceptors (Lipinski definition) is 5. The number of carbonyl (C=O) groups is 1. The van der Waals surface area contributed by atoms with Gasteiger partial charge in [-0.15, -0.1) is 0 Å². The topological polar surface area (TPSA) is 94.6 Å². The number of rotatable bonds is 8. The summed E-state index contributed by atoms with van der Waals surface area (Å²) in [7, 11) is -3.50. The van der Waals surface area contributed by atoms with Crippen LogP contribution in [0.15, 0.2) is 41.3 Å². The predicted molar refractivity (Wildman–Crippen MR) is 131 cm³/mol. The summed E-state index contributed by atoms with van der Waals surface area (Å²) in [5.74, 6) is 0. The van der Waals surface area contributed by atoms with Crippen LogP contribution in [0.2, 0.25) is 0 Å². The highest BCUT2D eigenvalue weighted by Gasteiger charge is 2.32. The van der Waals surface area contributed by atoms with Crippen LogP contribution >= 0.6 is 0 Å². The van der Waals surface area contributed by atoms with Gasteiger partial charge in [0, 0.05) is 42.8 Å². The van der Waals surface area contributed by atoms with E-state index in [1.807, 2.05) is 52.0 Å². The van der Waals surface area contributed by atoms with Gasteiger partial charge in [0.2, 0.25) is 10.0 Å². The number of likely N-dealkylation sites (tertiary alicyclic amines) is 1. The Morgan fingerprint density at radius 1 is 1.09 bits per heavy atom. The van der Waals surface area contributed by atoms with Gasteiger partial charge >= 0.3 is 6.03 Å². The van der Waals surface area contributed by atoms with Gasteiger partial charge in [0.1, 0.15) is 0 Å². The van der Waals surface area contributed by atoms with Crippen molar-refractivity contribution < 1.29 is 13.2 Å². The molecule has 1 aromatic heterocycles. The Balaban J connectivity index is 1.46. The third-order valence-electron chi connectivity index (χ3n) is 5.96. The predicted octanol–water partition coefficient (Wildman–Crippen LogP) is 3.30. The highest BCUT2D eigenvalue weighted by Crippen LogP contribution is 2.24. The van der Waals surface area contributed by atoms with E-state index in [4.69, 9.17) is 0 Å². The van der Waals surface area contributed by atoms with Crippen LogP contribution in [0, 0.1) is 20.8 Å². The Hall–Kier alpha value is -2.49. The Labute approximate surface area is 197 Å². The summed E-state index contributed by atoms with van der Waals surface area (Å²) in [6.07, 6.45) is 1.56. The molecule has 1 aliphatic heterocycles. The van der Waals surface area contributed by atoms with Crippen LogP contribution in [-0.2, 0) is 10.0 Å². The van der Waals surface area contributed by atoms with Crippen molar-refractivity contribution >= 4 is 21.7 Å². The number of anilines is 1. The maximum absolute atomic E-state index is 13.1. The summed E-state index contributed by atoms with van der Waals surface area (Å²) in [5, 5.41) is 5.74. The fraction of sp³-hybridized carbons (Fsp3) is 0.500. The molecule has 1 saturated heterocycles. The molecule has 0 aliphatic carbocycles. The zero-order chi connectivity index (χ0) is 24.0. The highest BCUT2D eigenvalue weighted by molar-refractivity contribution is 7.89. The second-order valence-electron chi connectivity index (χ2n) is 8.61. The lowest BCUT2D eigenvalue weighted by molar-refractivity contribution is 0.162. The van der Waals surface area contributed by atoms with E-state index in [2.05, 4.69) is 20.5 Å². The van der Waals surface area contributed by atoms with Crippen LogP contribution in [0.5, 0.6) is 0 Å². The number of aromatic nitrogens is 1. The summed E-state index contributed by atoms with van der Waals surface area (Å²) in [5.41, 5.74) is 3.49. The first-order valence-electron chi connectivity index (χ1n) is 11.5. The Morgan fingerprint density at radius 3 is 2.27 bits per heavy atom. The fourth-order valence-corrected chi connectivity index (χ4v) is 6.00. The van der Waals surface area contributed by atoms with Gasteiger partial charge < -0.3 is 15.5 Å². The van der Waals surface area contributed by atoms with Crippen LogP contribution in [0.1, 0.15) is 36.7 Å². The average Bonchev–Trinajstić information content (AvgIpc) is 2.75. The zero-order valence-corrected chi connectivity index (χ0v) is 20.8. The number of sulfonamides is 1. The minimum absolute atomic E-state index is 0.00743. The molecule has 1 fully saturated rings. The molecule has 2 amide bonds. The van der Waals surface area contributed by atoms with E-state index in [-0.39, 0.29) is 12.1 Å². The standard InChI is InChI=1S/C24H35N5O3S/c1-5-29(33(31,32)23-8-6-18(2)7-9-23)22-10-13-28(14-11-22)15-12-25-24(30)27-21-16-19(3)26-20(4)17-21/h6-9,16-17,22H,5,10-15H2,1-4H3,(H2,25,26,27,30). The van der Waals surface area contributed by atoms with Crippen LogP contribution in [0.4, 0.5) is 10.5 Å². The second kappa shape index (κ2) is 11.1. The summed E-state index contributed by atoms with van der Waals surface area (Å²) in [4.78, 5) is 19.1. The molecule has 0 atom stereocenters. The molecule has 9 heteroatoms. The fourth-order valence-electron chi connectivity index (χ4n) is 4.31.